The van der Waals surface area contributed by atoms with Gasteiger partial charge in [-0.2, -0.15) is 0 Å². The maximum Gasteiger partial charge on any atom is 0.227 e. The molecule has 1 amide bonds. The summed E-state index contributed by atoms with van der Waals surface area (Å²) < 4.78 is 21.4. The first-order valence-electron chi connectivity index (χ1n) is 11.5. The van der Waals surface area contributed by atoms with E-state index in [1.54, 1.807) is 17.0 Å². The van der Waals surface area contributed by atoms with Crippen molar-refractivity contribution in [3.8, 4) is 5.75 Å². The lowest BCUT2D eigenvalue weighted by molar-refractivity contribution is -0.117. The average Bonchev–Trinajstić information content (AvgIpc) is 3.41. The summed E-state index contributed by atoms with van der Waals surface area (Å²) in [7, 11) is 0. The Balaban J connectivity index is 1.30. The molecule has 1 aliphatic rings. The van der Waals surface area contributed by atoms with E-state index < -0.39 is 0 Å². The summed E-state index contributed by atoms with van der Waals surface area (Å²) in [6.07, 6.45) is 2.15. The van der Waals surface area contributed by atoms with Crippen molar-refractivity contribution >= 4 is 34.2 Å². The Bertz CT molecular complexity index is 1300. The number of fused-ring (bicyclic) bond motifs is 1. The third-order valence-corrected chi connectivity index (χ3v) is 6.50. The highest BCUT2D eigenvalue weighted by Crippen LogP contribution is 2.33. The molecule has 3 aromatic carbocycles. The molecular weight excluding hydrogens is 453 g/mol. The van der Waals surface area contributed by atoms with Gasteiger partial charge in [0.25, 0.3) is 0 Å². The molecule has 1 aromatic heterocycles. The number of hydrogen-bond donors (Lipinski definition) is 0. The first-order valence-corrected chi connectivity index (χ1v) is 11.9. The summed E-state index contributed by atoms with van der Waals surface area (Å²) in [5, 5.41) is 0.613. The molecule has 0 N–H and O–H groups in total. The molecule has 174 valence electrons. The van der Waals surface area contributed by atoms with Crippen LogP contribution in [0.15, 0.2) is 72.8 Å². The molecule has 0 spiro atoms. The standard InChI is InChI=1S/C27H25ClFN3O2/c28-22-7-1-4-10-25(22)34-16-6-5-15-31-24-9-3-2-8-23(24)30-27(31)19-17-26(33)32(18-19)21-13-11-20(29)12-14-21/h1-4,7-14,19H,5-6,15-18H2/t19-/m1/s1. The number of ether oxygens (including phenoxy) is 1. The molecule has 0 unspecified atom stereocenters. The van der Waals surface area contributed by atoms with Crippen LogP contribution in [0.2, 0.25) is 5.02 Å². The summed E-state index contributed by atoms with van der Waals surface area (Å²) in [6, 6.07) is 21.6. The molecule has 2 heterocycles. The second-order valence-corrected chi connectivity index (χ2v) is 8.89. The molecule has 1 fully saturated rings. The fourth-order valence-corrected chi connectivity index (χ4v) is 4.70. The van der Waals surface area contributed by atoms with E-state index in [-0.39, 0.29) is 17.6 Å². The van der Waals surface area contributed by atoms with Crippen molar-refractivity contribution in [2.45, 2.75) is 31.7 Å². The van der Waals surface area contributed by atoms with Crippen LogP contribution in [0.1, 0.15) is 31.0 Å². The van der Waals surface area contributed by atoms with Gasteiger partial charge in [-0.15, -0.1) is 0 Å². The van der Waals surface area contributed by atoms with Crippen molar-refractivity contribution in [1.82, 2.24) is 9.55 Å². The fraction of sp³-hybridized carbons (Fsp3) is 0.259. The van der Waals surface area contributed by atoms with E-state index in [2.05, 4.69) is 10.6 Å². The van der Waals surface area contributed by atoms with Crippen molar-refractivity contribution in [2.75, 3.05) is 18.1 Å². The molecule has 5 rings (SSSR count). The summed E-state index contributed by atoms with van der Waals surface area (Å²) in [5.74, 6) is 1.31. The average molecular weight is 478 g/mol. The quantitative estimate of drug-likeness (QED) is 0.283. The number of amides is 1. The number of halogens is 2. The maximum atomic E-state index is 13.3. The van der Waals surface area contributed by atoms with Crippen molar-refractivity contribution in [3.63, 3.8) is 0 Å². The second kappa shape index (κ2) is 9.85. The lowest BCUT2D eigenvalue weighted by Gasteiger charge is -2.17. The first kappa shape index (κ1) is 22.4. The number of hydrogen-bond acceptors (Lipinski definition) is 3. The highest BCUT2D eigenvalue weighted by Gasteiger charge is 2.34. The maximum absolute atomic E-state index is 13.3. The van der Waals surface area contributed by atoms with Crippen LogP contribution in [-0.2, 0) is 11.3 Å². The predicted octanol–water partition coefficient (Wildman–Crippen LogP) is 6.21. The van der Waals surface area contributed by atoms with E-state index in [1.807, 2.05) is 42.5 Å². The molecule has 0 saturated carbocycles. The monoisotopic (exact) mass is 477 g/mol. The van der Waals surface area contributed by atoms with Crippen molar-refractivity contribution < 1.29 is 13.9 Å². The number of para-hydroxylation sites is 3. The van der Waals surface area contributed by atoms with Crippen LogP contribution >= 0.6 is 11.6 Å². The van der Waals surface area contributed by atoms with Gasteiger partial charge in [0.15, 0.2) is 0 Å². The van der Waals surface area contributed by atoms with Crippen molar-refractivity contribution in [3.05, 3.63) is 89.5 Å². The smallest absolute Gasteiger partial charge is 0.227 e. The Morgan fingerprint density at radius 3 is 2.59 bits per heavy atom. The Morgan fingerprint density at radius 1 is 1.00 bits per heavy atom. The van der Waals surface area contributed by atoms with E-state index in [0.29, 0.717) is 36.0 Å². The topological polar surface area (TPSA) is 47.4 Å². The number of rotatable bonds is 8. The van der Waals surface area contributed by atoms with E-state index in [1.165, 1.54) is 12.1 Å². The van der Waals surface area contributed by atoms with E-state index in [4.69, 9.17) is 21.3 Å². The van der Waals surface area contributed by atoms with Crippen LogP contribution in [0.3, 0.4) is 0 Å². The number of carbonyl (C=O) groups excluding carboxylic acids is 1. The van der Waals surface area contributed by atoms with Gasteiger partial charge in [0.2, 0.25) is 5.91 Å². The second-order valence-electron chi connectivity index (χ2n) is 8.48. The number of anilines is 1. The largest absolute Gasteiger partial charge is 0.492 e. The lowest BCUT2D eigenvalue weighted by atomic mass is 10.1. The van der Waals surface area contributed by atoms with E-state index in [9.17, 15) is 9.18 Å². The highest BCUT2D eigenvalue weighted by molar-refractivity contribution is 6.32. The predicted molar refractivity (Wildman–Crippen MR) is 132 cm³/mol. The Labute approximate surface area is 202 Å². The Kier molecular flexibility index (Phi) is 6.50. The summed E-state index contributed by atoms with van der Waals surface area (Å²) in [4.78, 5) is 19.4. The first-order chi connectivity index (χ1) is 16.6. The van der Waals surface area contributed by atoms with Gasteiger partial charge in [-0.1, -0.05) is 35.9 Å². The van der Waals surface area contributed by atoms with Crippen LogP contribution in [0.5, 0.6) is 5.75 Å². The van der Waals surface area contributed by atoms with Gasteiger partial charge in [-0.05, 0) is 61.4 Å². The molecule has 1 atom stereocenters. The van der Waals surface area contributed by atoms with Gasteiger partial charge in [0.1, 0.15) is 17.4 Å². The van der Waals surface area contributed by atoms with Crippen LogP contribution in [-0.4, -0.2) is 28.6 Å². The van der Waals surface area contributed by atoms with Gasteiger partial charge in [-0.3, -0.25) is 4.79 Å². The molecule has 7 heteroatoms. The molecule has 34 heavy (non-hydrogen) atoms. The summed E-state index contributed by atoms with van der Waals surface area (Å²) >= 11 is 6.17. The third kappa shape index (κ3) is 4.64. The van der Waals surface area contributed by atoms with Gasteiger partial charge in [0, 0.05) is 31.1 Å². The van der Waals surface area contributed by atoms with Crippen LogP contribution in [0.25, 0.3) is 11.0 Å². The summed E-state index contributed by atoms with van der Waals surface area (Å²) in [6.45, 7) is 1.89. The number of nitrogens with zero attached hydrogens (tertiary/aromatic N) is 3. The molecule has 1 saturated heterocycles. The van der Waals surface area contributed by atoms with Gasteiger partial charge in [0.05, 0.1) is 22.7 Å². The van der Waals surface area contributed by atoms with Crippen molar-refractivity contribution in [2.24, 2.45) is 0 Å². The van der Waals surface area contributed by atoms with E-state index in [0.717, 1.165) is 36.2 Å². The molecule has 4 aromatic rings. The molecule has 0 radical (unpaired) electrons. The van der Waals surface area contributed by atoms with Crippen LogP contribution < -0.4 is 9.64 Å². The number of aromatic nitrogens is 2. The normalized spacial score (nSPS) is 15.9. The lowest BCUT2D eigenvalue weighted by Crippen LogP contribution is -2.24. The van der Waals surface area contributed by atoms with Gasteiger partial charge < -0.3 is 14.2 Å². The Morgan fingerprint density at radius 2 is 1.76 bits per heavy atom. The molecular formula is C27H25ClFN3O2. The molecule has 5 nitrogen and oxygen atoms in total. The zero-order valence-corrected chi connectivity index (χ0v) is 19.4. The van der Waals surface area contributed by atoms with Gasteiger partial charge in [-0.25, -0.2) is 9.37 Å². The molecule has 1 aliphatic heterocycles. The SMILES string of the molecule is O=C1C[C@@H](c2nc3ccccc3n2CCCCOc2ccccc2Cl)CN1c1ccc(F)cc1. The highest BCUT2D eigenvalue weighted by atomic mass is 35.5. The minimum Gasteiger partial charge on any atom is -0.492 e. The number of imidazole rings is 1. The van der Waals surface area contributed by atoms with Gasteiger partial charge >= 0.3 is 0 Å². The van der Waals surface area contributed by atoms with Crippen LogP contribution in [0, 0.1) is 5.82 Å². The van der Waals surface area contributed by atoms with Crippen LogP contribution in [0.4, 0.5) is 10.1 Å². The fourth-order valence-electron chi connectivity index (χ4n) is 4.51. The Hall–Kier alpha value is -3.38. The number of unbranched alkanes of at least 4 members (excludes halogenated alkanes) is 1. The zero-order chi connectivity index (χ0) is 23.5. The summed E-state index contributed by atoms with van der Waals surface area (Å²) in [5.41, 5.74) is 2.71. The zero-order valence-electron chi connectivity index (χ0n) is 18.7. The minimum absolute atomic E-state index is 0.0238. The number of aryl methyl sites for hydroxylation is 1. The van der Waals surface area contributed by atoms with Crippen molar-refractivity contribution in [1.29, 1.82) is 0 Å². The van der Waals surface area contributed by atoms with E-state index >= 15 is 0 Å². The molecule has 0 aliphatic carbocycles. The molecule has 0 bridgehead atoms. The number of carbonyl (C=O) groups is 1. The number of benzene rings is 3. The third-order valence-electron chi connectivity index (χ3n) is 6.18. The minimum atomic E-state index is -0.313.